The highest BCUT2D eigenvalue weighted by atomic mass is 19.4. The molecule has 0 saturated heterocycles. The molecule has 2 aromatic rings. The fraction of sp³-hybridized carbons (Fsp3) is 0.414. The van der Waals surface area contributed by atoms with Gasteiger partial charge < -0.3 is 15.0 Å². The van der Waals surface area contributed by atoms with E-state index in [0.29, 0.717) is 16.9 Å². The number of amides is 2. The van der Waals surface area contributed by atoms with E-state index in [0.717, 1.165) is 4.90 Å². The van der Waals surface area contributed by atoms with E-state index < -0.39 is 46.1 Å². The van der Waals surface area contributed by atoms with Crippen molar-refractivity contribution < 1.29 is 36.7 Å². The van der Waals surface area contributed by atoms with Crippen LogP contribution >= 0.6 is 0 Å². The van der Waals surface area contributed by atoms with Crippen molar-refractivity contribution >= 4 is 17.6 Å². The van der Waals surface area contributed by atoms with Crippen molar-refractivity contribution in [2.24, 2.45) is 5.41 Å². The third-order valence-corrected chi connectivity index (χ3v) is 7.21. The SMILES string of the molecule is COc1ccc(CCC(=O)NC2(C(F)(F)F)C(=O)N(CCc3ccc(F)cc3)C3=C2C(=O)CC(C)(C)C3)cc1. The molecule has 1 atom stereocenters. The summed E-state index contributed by atoms with van der Waals surface area (Å²) in [7, 11) is 1.50. The number of hydrogen-bond acceptors (Lipinski definition) is 4. The lowest BCUT2D eigenvalue weighted by molar-refractivity contribution is -0.194. The van der Waals surface area contributed by atoms with E-state index in [1.807, 2.05) is 5.32 Å². The van der Waals surface area contributed by atoms with Crippen LogP contribution in [0.15, 0.2) is 59.8 Å². The average molecular weight is 547 g/mol. The predicted molar refractivity (Wildman–Crippen MR) is 135 cm³/mol. The van der Waals surface area contributed by atoms with Gasteiger partial charge in [0.05, 0.1) is 12.7 Å². The molecule has 2 aromatic carbocycles. The molecule has 0 bridgehead atoms. The van der Waals surface area contributed by atoms with Gasteiger partial charge in [-0.15, -0.1) is 0 Å². The number of nitrogens with zero attached hydrogens (tertiary/aromatic N) is 1. The van der Waals surface area contributed by atoms with E-state index in [4.69, 9.17) is 4.74 Å². The van der Waals surface area contributed by atoms with Gasteiger partial charge in [0, 0.05) is 25.1 Å². The Balaban J connectivity index is 1.66. The fourth-order valence-corrected chi connectivity index (χ4v) is 5.28. The minimum Gasteiger partial charge on any atom is -0.497 e. The van der Waals surface area contributed by atoms with Crippen LogP contribution in [0, 0.1) is 11.2 Å². The van der Waals surface area contributed by atoms with Crippen molar-refractivity contribution in [3.05, 3.63) is 76.7 Å². The van der Waals surface area contributed by atoms with Gasteiger partial charge in [0.25, 0.3) is 5.91 Å². The van der Waals surface area contributed by atoms with Gasteiger partial charge in [-0.3, -0.25) is 14.4 Å². The molecule has 0 radical (unpaired) electrons. The van der Waals surface area contributed by atoms with E-state index in [1.54, 1.807) is 38.1 Å². The number of carbonyl (C=O) groups is 3. The van der Waals surface area contributed by atoms with Crippen molar-refractivity contribution in [3.63, 3.8) is 0 Å². The number of alkyl halides is 3. The maximum atomic E-state index is 14.9. The van der Waals surface area contributed by atoms with E-state index in [1.165, 1.54) is 31.4 Å². The molecule has 1 unspecified atom stereocenters. The summed E-state index contributed by atoms with van der Waals surface area (Å²) in [4.78, 5) is 40.8. The first kappa shape index (κ1) is 28.3. The summed E-state index contributed by atoms with van der Waals surface area (Å²) in [5.74, 6) is -3.08. The van der Waals surface area contributed by atoms with Crippen LogP contribution in [0.5, 0.6) is 5.75 Å². The van der Waals surface area contributed by atoms with Crippen LogP contribution in [0.25, 0.3) is 0 Å². The van der Waals surface area contributed by atoms with Gasteiger partial charge in [-0.1, -0.05) is 38.1 Å². The summed E-state index contributed by atoms with van der Waals surface area (Å²) >= 11 is 0. The highest BCUT2D eigenvalue weighted by Crippen LogP contribution is 2.51. The number of methoxy groups -OCH3 is 1. The van der Waals surface area contributed by atoms with Crippen LogP contribution in [0.2, 0.25) is 0 Å². The number of nitrogens with one attached hydrogen (secondary N) is 1. The molecular formula is C29H30F4N2O4. The smallest absolute Gasteiger partial charge is 0.425 e. The van der Waals surface area contributed by atoms with Crippen LogP contribution < -0.4 is 10.1 Å². The van der Waals surface area contributed by atoms with Crippen molar-refractivity contribution in [1.82, 2.24) is 10.2 Å². The van der Waals surface area contributed by atoms with E-state index >= 15 is 0 Å². The Morgan fingerprint density at radius 3 is 2.15 bits per heavy atom. The summed E-state index contributed by atoms with van der Waals surface area (Å²) in [6.07, 6.45) is -5.46. The minimum absolute atomic E-state index is 0.0175. The van der Waals surface area contributed by atoms with Gasteiger partial charge in [-0.05, 0) is 60.1 Å². The Bertz CT molecular complexity index is 1300. The minimum atomic E-state index is -5.26. The number of aryl methyl sites for hydroxylation is 1. The molecule has 2 amide bonds. The lowest BCUT2D eigenvalue weighted by atomic mass is 9.72. The van der Waals surface area contributed by atoms with Gasteiger partial charge in [-0.25, -0.2) is 4.39 Å². The monoisotopic (exact) mass is 546 g/mol. The molecule has 1 aliphatic heterocycles. The molecule has 39 heavy (non-hydrogen) atoms. The molecule has 208 valence electrons. The second kappa shape index (κ2) is 10.5. The zero-order valence-electron chi connectivity index (χ0n) is 22.0. The average Bonchev–Trinajstić information content (AvgIpc) is 3.09. The standard InChI is InChI=1S/C29H30F4N2O4/c1-27(2)16-22-25(23(36)17-27)28(29(31,32)33,26(38)35(22)15-14-19-4-9-20(30)10-5-19)34-24(37)13-8-18-6-11-21(39-3)12-7-18/h4-7,9-12H,8,13-17H2,1-3H3,(H,34,37). The zero-order valence-corrected chi connectivity index (χ0v) is 22.0. The van der Waals surface area contributed by atoms with E-state index in [2.05, 4.69) is 0 Å². The summed E-state index contributed by atoms with van der Waals surface area (Å²) < 4.78 is 63.1. The molecule has 0 spiro atoms. The Labute approximate surface area is 224 Å². The molecule has 1 N–H and O–H groups in total. The normalized spacial score (nSPS) is 20.7. The number of ketones is 1. The van der Waals surface area contributed by atoms with Gasteiger partial charge in [0.2, 0.25) is 11.4 Å². The topological polar surface area (TPSA) is 75.7 Å². The number of allylic oxidation sites excluding steroid dienone is 1. The van der Waals surface area contributed by atoms with Crippen LogP contribution in [0.1, 0.15) is 44.2 Å². The van der Waals surface area contributed by atoms with Crippen molar-refractivity contribution in [3.8, 4) is 5.75 Å². The first-order valence-electron chi connectivity index (χ1n) is 12.6. The number of Topliss-reactive ketones (excluding diaryl/α,β-unsaturated/α-hetero) is 1. The largest absolute Gasteiger partial charge is 0.497 e. The first-order chi connectivity index (χ1) is 18.3. The molecule has 6 nitrogen and oxygen atoms in total. The summed E-state index contributed by atoms with van der Waals surface area (Å²) in [6.45, 7) is 3.34. The first-order valence-corrected chi connectivity index (χ1v) is 12.6. The van der Waals surface area contributed by atoms with E-state index in [9.17, 15) is 31.9 Å². The van der Waals surface area contributed by atoms with E-state index in [-0.39, 0.29) is 44.3 Å². The van der Waals surface area contributed by atoms with Crippen molar-refractivity contribution in [1.29, 1.82) is 0 Å². The second-order valence-corrected chi connectivity index (χ2v) is 10.7. The van der Waals surface area contributed by atoms with Crippen LogP contribution in [-0.2, 0) is 27.2 Å². The van der Waals surface area contributed by atoms with Crippen LogP contribution in [0.3, 0.4) is 0 Å². The molecule has 1 aliphatic carbocycles. The Morgan fingerprint density at radius 1 is 0.974 bits per heavy atom. The second-order valence-electron chi connectivity index (χ2n) is 10.7. The van der Waals surface area contributed by atoms with Crippen LogP contribution in [-0.4, -0.2) is 47.9 Å². The molecule has 2 aliphatic rings. The Morgan fingerprint density at radius 2 is 1.56 bits per heavy atom. The molecule has 4 rings (SSSR count). The highest BCUT2D eigenvalue weighted by molar-refractivity contribution is 6.13. The number of halogens is 4. The fourth-order valence-electron chi connectivity index (χ4n) is 5.28. The Kier molecular flexibility index (Phi) is 7.60. The highest BCUT2D eigenvalue weighted by Gasteiger charge is 2.71. The van der Waals surface area contributed by atoms with Gasteiger partial charge in [0.1, 0.15) is 11.6 Å². The third-order valence-electron chi connectivity index (χ3n) is 7.21. The number of hydrogen-bond donors (Lipinski definition) is 1. The molecule has 0 aromatic heterocycles. The molecule has 0 fully saturated rings. The van der Waals surface area contributed by atoms with Gasteiger partial charge in [-0.2, -0.15) is 13.2 Å². The maximum absolute atomic E-state index is 14.9. The number of ether oxygens (including phenoxy) is 1. The third kappa shape index (κ3) is 5.55. The number of rotatable bonds is 8. The van der Waals surface area contributed by atoms with Crippen LogP contribution in [0.4, 0.5) is 17.6 Å². The van der Waals surface area contributed by atoms with Gasteiger partial charge in [0.15, 0.2) is 5.78 Å². The summed E-state index contributed by atoms with van der Waals surface area (Å²) in [6, 6.07) is 12.1. The lowest BCUT2D eigenvalue weighted by Crippen LogP contribution is -2.66. The maximum Gasteiger partial charge on any atom is 0.425 e. The molecule has 1 heterocycles. The molecule has 0 saturated carbocycles. The number of carbonyl (C=O) groups excluding carboxylic acids is 3. The Hall–Kier alpha value is -3.69. The molecular weight excluding hydrogens is 516 g/mol. The summed E-state index contributed by atoms with van der Waals surface area (Å²) in [5, 5.41) is 1.96. The predicted octanol–water partition coefficient (Wildman–Crippen LogP) is 4.91. The zero-order chi connectivity index (χ0) is 28.6. The van der Waals surface area contributed by atoms with Crippen molar-refractivity contribution in [2.45, 2.75) is 57.7 Å². The quantitative estimate of drug-likeness (QED) is 0.478. The lowest BCUT2D eigenvalue weighted by Gasteiger charge is -2.35. The van der Waals surface area contributed by atoms with Gasteiger partial charge >= 0.3 is 6.18 Å². The van der Waals surface area contributed by atoms with Crippen molar-refractivity contribution in [2.75, 3.05) is 13.7 Å². The summed E-state index contributed by atoms with van der Waals surface area (Å²) in [5.41, 5.74) is -3.55. The molecule has 10 heteroatoms. The number of benzene rings is 2.